The van der Waals surface area contributed by atoms with Gasteiger partial charge in [0.2, 0.25) is 0 Å². The van der Waals surface area contributed by atoms with E-state index < -0.39 is 42.9 Å². The molecule has 2 bridgehead atoms. The van der Waals surface area contributed by atoms with Crippen LogP contribution in [0, 0.1) is 34.0 Å². The highest BCUT2D eigenvalue weighted by molar-refractivity contribution is 5.16. The standard InChI is InChI=1S/C26H44O7/c1-23(2)16-7-10-26-11-14(25(4,31)13-26)5-6-17(26)24(16,3)9-8-18(23)33-22-21(30)20(29)19(28)15(12-27)32-22/h14-22,27-31H,5-13H2,1-4H3/t14?,15-,16?,17+,18+,19-,20+,21-,22+,24-,25-,26+/m1/s1. The van der Waals surface area contributed by atoms with E-state index in [9.17, 15) is 25.5 Å². The number of aliphatic hydroxyl groups excluding tert-OH is 4. The van der Waals surface area contributed by atoms with Gasteiger partial charge in [-0.2, -0.15) is 0 Å². The second-order valence-corrected chi connectivity index (χ2v) is 13.2. The molecule has 1 aliphatic heterocycles. The topological polar surface area (TPSA) is 120 Å². The molecule has 1 spiro atoms. The van der Waals surface area contributed by atoms with Crippen LogP contribution in [0.2, 0.25) is 0 Å². The quantitative estimate of drug-likeness (QED) is 0.402. The Morgan fingerprint density at radius 2 is 1.61 bits per heavy atom. The van der Waals surface area contributed by atoms with E-state index in [4.69, 9.17) is 9.47 Å². The van der Waals surface area contributed by atoms with Gasteiger partial charge in [-0.3, -0.25) is 0 Å². The van der Waals surface area contributed by atoms with Crippen LogP contribution in [0.15, 0.2) is 0 Å². The van der Waals surface area contributed by atoms with Crippen LogP contribution < -0.4 is 0 Å². The molecular formula is C26H44O7. The summed E-state index contributed by atoms with van der Waals surface area (Å²) in [6.07, 6.45) is 2.19. The Balaban J connectivity index is 1.36. The summed E-state index contributed by atoms with van der Waals surface area (Å²) in [5.41, 5.74) is -0.247. The van der Waals surface area contributed by atoms with Crippen molar-refractivity contribution < 1.29 is 35.0 Å². The predicted molar refractivity (Wildman–Crippen MR) is 121 cm³/mol. The molecule has 190 valence electrons. The second-order valence-electron chi connectivity index (χ2n) is 13.2. The fourth-order valence-corrected chi connectivity index (χ4v) is 9.58. The summed E-state index contributed by atoms with van der Waals surface area (Å²) in [7, 11) is 0. The smallest absolute Gasteiger partial charge is 0.186 e. The van der Waals surface area contributed by atoms with Gasteiger partial charge in [0.1, 0.15) is 24.4 Å². The van der Waals surface area contributed by atoms with Crippen molar-refractivity contribution in [2.75, 3.05) is 6.61 Å². The van der Waals surface area contributed by atoms with Gasteiger partial charge in [0, 0.05) is 0 Å². The highest BCUT2D eigenvalue weighted by Crippen LogP contribution is 2.73. The Bertz CT molecular complexity index is 753. The maximum Gasteiger partial charge on any atom is 0.186 e. The van der Waals surface area contributed by atoms with Crippen molar-refractivity contribution in [3.63, 3.8) is 0 Å². The third-order valence-electron chi connectivity index (χ3n) is 11.1. The first kappa shape index (κ1) is 24.4. The molecule has 5 N–H and O–H groups in total. The Hall–Kier alpha value is -0.280. The number of rotatable bonds is 3. The summed E-state index contributed by atoms with van der Waals surface area (Å²) >= 11 is 0. The van der Waals surface area contributed by atoms with Crippen molar-refractivity contribution in [3.05, 3.63) is 0 Å². The molecule has 1 heterocycles. The number of fused-ring (bicyclic) bond motifs is 3. The minimum absolute atomic E-state index is 0.158. The number of hydrogen-bond donors (Lipinski definition) is 5. The van der Waals surface area contributed by atoms with E-state index in [0.29, 0.717) is 17.8 Å². The van der Waals surface area contributed by atoms with Crippen molar-refractivity contribution in [1.82, 2.24) is 0 Å². The molecule has 1 saturated heterocycles. The zero-order valence-corrected chi connectivity index (χ0v) is 20.6. The van der Waals surface area contributed by atoms with Crippen LogP contribution in [0.5, 0.6) is 0 Å². The average Bonchev–Trinajstić information content (AvgIpc) is 2.93. The Kier molecular flexibility index (Phi) is 5.81. The van der Waals surface area contributed by atoms with Crippen LogP contribution in [0.25, 0.3) is 0 Å². The van der Waals surface area contributed by atoms with E-state index in [1.165, 1.54) is 6.42 Å². The molecule has 4 saturated carbocycles. The van der Waals surface area contributed by atoms with E-state index in [-0.39, 0.29) is 22.3 Å². The van der Waals surface area contributed by atoms with Crippen molar-refractivity contribution >= 4 is 0 Å². The molecule has 7 nitrogen and oxygen atoms in total. The van der Waals surface area contributed by atoms with Crippen molar-refractivity contribution in [2.45, 2.75) is 121 Å². The van der Waals surface area contributed by atoms with E-state index >= 15 is 0 Å². The molecule has 5 fully saturated rings. The highest BCUT2D eigenvalue weighted by atomic mass is 16.7. The van der Waals surface area contributed by atoms with E-state index in [0.717, 1.165) is 44.9 Å². The van der Waals surface area contributed by atoms with Gasteiger partial charge in [-0.1, -0.05) is 20.8 Å². The zero-order valence-electron chi connectivity index (χ0n) is 20.6. The predicted octanol–water partition coefficient (Wildman–Crippen LogP) is 1.97. The molecule has 0 aromatic carbocycles. The van der Waals surface area contributed by atoms with Gasteiger partial charge in [-0.15, -0.1) is 0 Å². The Morgan fingerprint density at radius 3 is 2.30 bits per heavy atom. The lowest BCUT2D eigenvalue weighted by Crippen LogP contribution is -2.63. The largest absolute Gasteiger partial charge is 0.394 e. The molecule has 0 amide bonds. The molecule has 0 aromatic rings. The molecule has 5 aliphatic rings. The van der Waals surface area contributed by atoms with Crippen LogP contribution in [0.4, 0.5) is 0 Å². The van der Waals surface area contributed by atoms with Gasteiger partial charge in [0.15, 0.2) is 6.29 Å². The summed E-state index contributed by atoms with van der Waals surface area (Å²) in [5, 5.41) is 51.4. The molecule has 4 aliphatic carbocycles. The minimum atomic E-state index is -1.42. The third kappa shape index (κ3) is 3.48. The molecule has 0 radical (unpaired) electrons. The summed E-state index contributed by atoms with van der Waals surface area (Å²) in [6, 6.07) is 0. The normalized spacial score (nSPS) is 57.9. The van der Waals surface area contributed by atoms with Crippen LogP contribution >= 0.6 is 0 Å². The first-order chi connectivity index (χ1) is 15.4. The monoisotopic (exact) mass is 468 g/mol. The third-order valence-corrected chi connectivity index (χ3v) is 11.1. The lowest BCUT2D eigenvalue weighted by molar-refractivity contribution is -0.329. The molecular weight excluding hydrogens is 424 g/mol. The summed E-state index contributed by atoms with van der Waals surface area (Å²) < 4.78 is 12.0. The van der Waals surface area contributed by atoms with Gasteiger partial charge >= 0.3 is 0 Å². The Morgan fingerprint density at radius 1 is 0.879 bits per heavy atom. The fourth-order valence-electron chi connectivity index (χ4n) is 9.58. The van der Waals surface area contributed by atoms with Crippen LogP contribution in [0.1, 0.15) is 79.1 Å². The van der Waals surface area contributed by atoms with Gasteiger partial charge in [-0.05, 0) is 92.3 Å². The lowest BCUT2D eigenvalue weighted by Gasteiger charge is -2.65. The maximum atomic E-state index is 11.1. The molecule has 33 heavy (non-hydrogen) atoms. The highest BCUT2D eigenvalue weighted by Gasteiger charge is 2.67. The van der Waals surface area contributed by atoms with Gasteiger partial charge in [0.05, 0.1) is 18.3 Å². The van der Waals surface area contributed by atoms with E-state index in [2.05, 4.69) is 27.7 Å². The molecule has 2 unspecified atom stereocenters. The molecule has 7 heteroatoms. The first-order valence-corrected chi connectivity index (χ1v) is 13.0. The first-order valence-electron chi connectivity index (χ1n) is 13.0. The van der Waals surface area contributed by atoms with Crippen LogP contribution in [-0.4, -0.2) is 74.6 Å². The summed E-state index contributed by atoms with van der Waals surface area (Å²) in [5.74, 6) is 1.50. The van der Waals surface area contributed by atoms with Crippen molar-refractivity contribution in [1.29, 1.82) is 0 Å². The maximum absolute atomic E-state index is 11.1. The number of hydrogen-bond acceptors (Lipinski definition) is 7. The Labute approximate surface area is 197 Å². The summed E-state index contributed by atoms with van der Waals surface area (Å²) in [6.45, 7) is 8.60. The fraction of sp³-hybridized carbons (Fsp3) is 1.00. The van der Waals surface area contributed by atoms with Crippen molar-refractivity contribution in [3.8, 4) is 0 Å². The average molecular weight is 469 g/mol. The van der Waals surface area contributed by atoms with E-state index in [1.807, 2.05) is 0 Å². The van der Waals surface area contributed by atoms with Gasteiger partial charge in [-0.25, -0.2) is 0 Å². The number of aliphatic hydroxyl groups is 5. The second kappa shape index (κ2) is 7.86. The van der Waals surface area contributed by atoms with Gasteiger partial charge < -0.3 is 35.0 Å². The SMILES string of the molecule is CC1(C)C2CC[C@@]34CC(CC[C@H]3[C@]2(C)CC[C@@H]1O[C@@H]1O[C@H](CO)[C@@H](O)[C@H](O)[C@H]1O)[C@](C)(O)C4. The molecule has 12 atom stereocenters. The van der Waals surface area contributed by atoms with Crippen LogP contribution in [0.3, 0.4) is 0 Å². The zero-order chi connectivity index (χ0) is 24.0. The summed E-state index contributed by atoms with van der Waals surface area (Å²) in [4.78, 5) is 0. The molecule has 5 rings (SSSR count). The lowest BCUT2D eigenvalue weighted by atomic mass is 9.41. The van der Waals surface area contributed by atoms with Crippen LogP contribution in [-0.2, 0) is 9.47 Å². The van der Waals surface area contributed by atoms with E-state index in [1.54, 1.807) is 0 Å². The molecule has 0 aromatic heterocycles. The number of ether oxygens (including phenoxy) is 2. The van der Waals surface area contributed by atoms with Gasteiger partial charge in [0.25, 0.3) is 0 Å². The minimum Gasteiger partial charge on any atom is -0.394 e. The van der Waals surface area contributed by atoms with Crippen molar-refractivity contribution in [2.24, 2.45) is 34.0 Å².